The van der Waals surface area contributed by atoms with Crippen molar-refractivity contribution >= 4 is 5.82 Å². The number of rotatable bonds is 8. The summed E-state index contributed by atoms with van der Waals surface area (Å²) in [6.45, 7) is 3.46. The van der Waals surface area contributed by atoms with Gasteiger partial charge in [-0.15, -0.1) is 0 Å². The molecule has 0 spiro atoms. The Bertz CT molecular complexity index is 368. The van der Waals surface area contributed by atoms with Crippen molar-refractivity contribution < 1.29 is 4.74 Å². The fourth-order valence-corrected chi connectivity index (χ4v) is 1.82. The second-order valence-electron chi connectivity index (χ2n) is 4.91. The maximum Gasteiger partial charge on any atom is 0.144 e. The molecule has 1 saturated carbocycles. The number of ether oxygens (including phenoxy) is 1. The van der Waals surface area contributed by atoms with Crippen LogP contribution in [0.2, 0.25) is 0 Å². The molecule has 0 bridgehead atoms. The Morgan fingerprint density at radius 2 is 2.39 bits per heavy atom. The van der Waals surface area contributed by atoms with Crippen LogP contribution in [0.4, 0.5) is 5.82 Å². The lowest BCUT2D eigenvalue weighted by molar-refractivity contribution is 0.102. The molecule has 0 amide bonds. The van der Waals surface area contributed by atoms with Gasteiger partial charge in [0, 0.05) is 31.5 Å². The Kier molecular flexibility index (Phi) is 4.92. The van der Waals surface area contributed by atoms with Crippen molar-refractivity contribution in [2.45, 2.75) is 19.4 Å². The number of hydrogen-bond acceptors (Lipinski definition) is 5. The minimum absolute atomic E-state index is 0.739. The predicted octanol–water partition coefficient (Wildman–Crippen LogP) is 1.23. The maximum absolute atomic E-state index is 5.62. The first kappa shape index (κ1) is 13.3. The quantitative estimate of drug-likeness (QED) is 0.413. The zero-order chi connectivity index (χ0) is 12.8. The summed E-state index contributed by atoms with van der Waals surface area (Å²) in [6.07, 6.45) is 4.42. The summed E-state index contributed by atoms with van der Waals surface area (Å²) in [6, 6.07) is 3.96. The first-order valence-corrected chi connectivity index (χ1v) is 6.46. The van der Waals surface area contributed by atoms with Crippen LogP contribution in [-0.4, -0.2) is 36.7 Å². The number of hydrogen-bond donors (Lipinski definition) is 2. The van der Waals surface area contributed by atoms with Crippen molar-refractivity contribution in [1.29, 1.82) is 0 Å². The Morgan fingerprint density at radius 1 is 1.56 bits per heavy atom. The van der Waals surface area contributed by atoms with E-state index in [1.54, 1.807) is 6.20 Å². The molecule has 1 aliphatic rings. The highest BCUT2D eigenvalue weighted by Gasteiger charge is 2.20. The summed E-state index contributed by atoms with van der Waals surface area (Å²) in [4.78, 5) is 6.40. The van der Waals surface area contributed by atoms with Gasteiger partial charge in [-0.2, -0.15) is 0 Å². The Morgan fingerprint density at radius 3 is 3.11 bits per heavy atom. The lowest BCUT2D eigenvalue weighted by atomic mass is 10.2. The van der Waals surface area contributed by atoms with Crippen LogP contribution in [-0.2, 0) is 11.3 Å². The number of nitrogens with one attached hydrogen (secondary N) is 1. The lowest BCUT2D eigenvalue weighted by Gasteiger charge is -2.18. The molecule has 0 unspecified atom stereocenters. The normalized spacial score (nSPS) is 15.1. The number of nitrogens with zero attached hydrogens (tertiary/aromatic N) is 2. The molecule has 0 aliphatic heterocycles. The Hall–Kier alpha value is -1.17. The SMILES string of the molecule is CN(CCOCC1CC1)Cc1cccnc1NN. The predicted molar refractivity (Wildman–Crippen MR) is 71.9 cm³/mol. The molecule has 1 aliphatic carbocycles. The number of pyridine rings is 1. The largest absolute Gasteiger partial charge is 0.380 e. The van der Waals surface area contributed by atoms with E-state index in [2.05, 4.69) is 22.4 Å². The molecular formula is C13H22N4O. The van der Waals surface area contributed by atoms with E-state index in [1.807, 2.05) is 12.1 Å². The van der Waals surface area contributed by atoms with E-state index in [1.165, 1.54) is 12.8 Å². The van der Waals surface area contributed by atoms with Crippen molar-refractivity contribution in [3.05, 3.63) is 23.9 Å². The molecule has 0 atom stereocenters. The van der Waals surface area contributed by atoms with E-state index in [0.29, 0.717) is 0 Å². The van der Waals surface area contributed by atoms with Gasteiger partial charge in [0.05, 0.1) is 6.61 Å². The van der Waals surface area contributed by atoms with Crippen LogP contribution >= 0.6 is 0 Å². The minimum Gasteiger partial charge on any atom is -0.380 e. The van der Waals surface area contributed by atoms with Gasteiger partial charge < -0.3 is 10.2 Å². The molecule has 1 aromatic heterocycles. The molecule has 0 radical (unpaired) electrons. The third-order valence-corrected chi connectivity index (χ3v) is 3.14. The molecule has 5 nitrogen and oxygen atoms in total. The smallest absolute Gasteiger partial charge is 0.144 e. The standard InChI is InChI=1S/C13H22N4O/c1-17(7-8-18-10-11-4-5-11)9-12-3-2-6-15-13(12)16-14/h2-3,6,11H,4-5,7-10,14H2,1H3,(H,15,16). The molecule has 1 heterocycles. The summed E-state index contributed by atoms with van der Waals surface area (Å²) in [5.74, 6) is 7.01. The van der Waals surface area contributed by atoms with Crippen LogP contribution in [0.5, 0.6) is 0 Å². The molecule has 0 aromatic carbocycles. The van der Waals surface area contributed by atoms with E-state index < -0.39 is 0 Å². The van der Waals surface area contributed by atoms with Crippen LogP contribution in [0.3, 0.4) is 0 Å². The van der Waals surface area contributed by atoms with Crippen LogP contribution in [0, 0.1) is 5.92 Å². The van der Waals surface area contributed by atoms with Gasteiger partial charge in [0.1, 0.15) is 5.82 Å². The summed E-state index contributed by atoms with van der Waals surface area (Å²) < 4.78 is 5.62. The topological polar surface area (TPSA) is 63.4 Å². The lowest BCUT2D eigenvalue weighted by Crippen LogP contribution is -2.24. The number of aromatic nitrogens is 1. The van der Waals surface area contributed by atoms with E-state index >= 15 is 0 Å². The number of nitrogen functional groups attached to an aromatic ring is 1. The highest BCUT2D eigenvalue weighted by atomic mass is 16.5. The van der Waals surface area contributed by atoms with Gasteiger partial charge >= 0.3 is 0 Å². The van der Waals surface area contributed by atoms with E-state index in [4.69, 9.17) is 10.6 Å². The van der Waals surface area contributed by atoms with Gasteiger partial charge in [-0.3, -0.25) is 4.90 Å². The molecular weight excluding hydrogens is 228 g/mol. The number of nitrogens with two attached hydrogens (primary N) is 1. The zero-order valence-electron chi connectivity index (χ0n) is 10.9. The monoisotopic (exact) mass is 250 g/mol. The second kappa shape index (κ2) is 6.68. The van der Waals surface area contributed by atoms with Gasteiger partial charge in [-0.25, -0.2) is 10.8 Å². The molecule has 3 N–H and O–H groups in total. The molecule has 2 rings (SSSR count). The van der Waals surface area contributed by atoms with Gasteiger partial charge in [-0.05, 0) is 31.9 Å². The number of hydrazine groups is 1. The van der Waals surface area contributed by atoms with E-state index in [0.717, 1.165) is 43.6 Å². The average molecular weight is 250 g/mol. The first-order chi connectivity index (χ1) is 8.79. The minimum atomic E-state index is 0.739. The zero-order valence-corrected chi connectivity index (χ0v) is 10.9. The van der Waals surface area contributed by atoms with Crippen molar-refractivity contribution in [1.82, 2.24) is 9.88 Å². The van der Waals surface area contributed by atoms with Gasteiger partial charge in [0.15, 0.2) is 0 Å². The Balaban J connectivity index is 1.70. The van der Waals surface area contributed by atoms with E-state index in [9.17, 15) is 0 Å². The maximum atomic E-state index is 5.62. The third-order valence-electron chi connectivity index (χ3n) is 3.14. The van der Waals surface area contributed by atoms with Gasteiger partial charge in [0.2, 0.25) is 0 Å². The highest BCUT2D eigenvalue weighted by Crippen LogP contribution is 2.28. The fourth-order valence-electron chi connectivity index (χ4n) is 1.82. The van der Waals surface area contributed by atoms with Crippen molar-refractivity contribution in [2.24, 2.45) is 11.8 Å². The highest BCUT2D eigenvalue weighted by molar-refractivity contribution is 5.42. The van der Waals surface area contributed by atoms with Crippen LogP contribution in [0.25, 0.3) is 0 Å². The second-order valence-corrected chi connectivity index (χ2v) is 4.91. The number of likely N-dealkylation sites (N-methyl/N-ethyl adjacent to an activating group) is 1. The van der Waals surface area contributed by atoms with Crippen LogP contribution in [0.1, 0.15) is 18.4 Å². The van der Waals surface area contributed by atoms with Crippen LogP contribution in [0.15, 0.2) is 18.3 Å². The third kappa shape index (κ3) is 4.25. The van der Waals surface area contributed by atoms with Crippen LogP contribution < -0.4 is 11.3 Å². The van der Waals surface area contributed by atoms with Crippen molar-refractivity contribution in [3.8, 4) is 0 Å². The first-order valence-electron chi connectivity index (χ1n) is 6.46. The molecule has 100 valence electrons. The van der Waals surface area contributed by atoms with Gasteiger partial charge in [-0.1, -0.05) is 6.07 Å². The van der Waals surface area contributed by atoms with Crippen molar-refractivity contribution in [2.75, 3.05) is 32.2 Å². The van der Waals surface area contributed by atoms with Crippen molar-refractivity contribution in [3.63, 3.8) is 0 Å². The summed E-state index contributed by atoms with van der Waals surface area (Å²) in [7, 11) is 2.08. The molecule has 18 heavy (non-hydrogen) atoms. The fraction of sp³-hybridized carbons (Fsp3) is 0.615. The van der Waals surface area contributed by atoms with E-state index in [-0.39, 0.29) is 0 Å². The molecule has 1 fully saturated rings. The van der Waals surface area contributed by atoms with Gasteiger partial charge in [0.25, 0.3) is 0 Å². The summed E-state index contributed by atoms with van der Waals surface area (Å²) in [5, 5.41) is 0. The average Bonchev–Trinajstić information content (AvgIpc) is 3.19. The molecule has 0 saturated heterocycles. The molecule has 1 aromatic rings. The Labute approximate surface area is 108 Å². The molecule has 5 heteroatoms. The summed E-state index contributed by atoms with van der Waals surface area (Å²) in [5.41, 5.74) is 3.72. The summed E-state index contributed by atoms with van der Waals surface area (Å²) >= 11 is 0. The number of anilines is 1.